The molecule has 1 N–H and O–H groups in total. The standard InChI is InChI=1S/C21H27N3O2/c1-23(16-18-10-5-6-13-22-18)19-11-7-14-24(15-12-19)21(26)20(25)17-8-3-2-4-9-17/h2-6,8-10,13,19-20,25H,7,11-12,14-16H2,1H3/t19-,20+/m1/s1. The summed E-state index contributed by atoms with van der Waals surface area (Å²) in [5.41, 5.74) is 1.72. The Labute approximate surface area is 155 Å². The second-order valence-corrected chi connectivity index (χ2v) is 6.96. The minimum atomic E-state index is -1.07. The first kappa shape index (κ1) is 18.5. The highest BCUT2D eigenvalue weighted by atomic mass is 16.3. The van der Waals surface area contributed by atoms with Crippen LogP contribution >= 0.6 is 0 Å². The fourth-order valence-electron chi connectivity index (χ4n) is 3.57. The lowest BCUT2D eigenvalue weighted by Crippen LogP contribution is -2.37. The average molecular weight is 353 g/mol. The van der Waals surface area contributed by atoms with Gasteiger partial charge in [-0.15, -0.1) is 0 Å². The molecule has 26 heavy (non-hydrogen) atoms. The summed E-state index contributed by atoms with van der Waals surface area (Å²) < 4.78 is 0. The molecule has 138 valence electrons. The Balaban J connectivity index is 1.56. The van der Waals surface area contributed by atoms with Gasteiger partial charge in [-0.05, 0) is 44.0 Å². The van der Waals surface area contributed by atoms with Crippen molar-refractivity contribution in [3.05, 3.63) is 66.0 Å². The Morgan fingerprint density at radius 1 is 1.19 bits per heavy atom. The molecule has 1 amide bonds. The second-order valence-electron chi connectivity index (χ2n) is 6.96. The number of amides is 1. The van der Waals surface area contributed by atoms with Crippen molar-refractivity contribution in [3.63, 3.8) is 0 Å². The first-order valence-corrected chi connectivity index (χ1v) is 9.27. The zero-order chi connectivity index (χ0) is 18.4. The molecule has 2 atom stereocenters. The van der Waals surface area contributed by atoms with Gasteiger partial charge in [0.05, 0.1) is 5.69 Å². The minimum Gasteiger partial charge on any atom is -0.378 e. The van der Waals surface area contributed by atoms with Gasteiger partial charge < -0.3 is 10.0 Å². The number of likely N-dealkylation sites (tertiary alicyclic amines) is 1. The van der Waals surface area contributed by atoms with Crippen LogP contribution in [-0.2, 0) is 11.3 Å². The summed E-state index contributed by atoms with van der Waals surface area (Å²) >= 11 is 0. The molecule has 1 aromatic heterocycles. The summed E-state index contributed by atoms with van der Waals surface area (Å²) in [6.07, 6.45) is 3.66. The zero-order valence-electron chi connectivity index (χ0n) is 15.3. The van der Waals surface area contributed by atoms with Crippen molar-refractivity contribution in [2.75, 3.05) is 20.1 Å². The van der Waals surface area contributed by atoms with E-state index in [1.807, 2.05) is 47.5 Å². The van der Waals surface area contributed by atoms with Gasteiger partial charge in [0, 0.05) is 31.9 Å². The van der Waals surface area contributed by atoms with Crippen LogP contribution in [-0.4, -0.2) is 52.0 Å². The van der Waals surface area contributed by atoms with Crippen molar-refractivity contribution < 1.29 is 9.90 Å². The van der Waals surface area contributed by atoms with Crippen LogP contribution in [0, 0.1) is 0 Å². The van der Waals surface area contributed by atoms with E-state index in [0.29, 0.717) is 24.7 Å². The third-order valence-corrected chi connectivity index (χ3v) is 5.12. The van der Waals surface area contributed by atoms with Crippen molar-refractivity contribution in [2.45, 2.75) is 38.0 Å². The van der Waals surface area contributed by atoms with Crippen LogP contribution in [0.3, 0.4) is 0 Å². The number of benzene rings is 1. The molecule has 2 heterocycles. The van der Waals surface area contributed by atoms with Crippen molar-refractivity contribution in [1.29, 1.82) is 0 Å². The van der Waals surface area contributed by atoms with Gasteiger partial charge in [0.2, 0.25) is 0 Å². The maximum atomic E-state index is 12.7. The Morgan fingerprint density at radius 2 is 1.96 bits per heavy atom. The molecule has 0 unspecified atom stereocenters. The fraction of sp³-hybridized carbons (Fsp3) is 0.429. The van der Waals surface area contributed by atoms with Gasteiger partial charge in [-0.1, -0.05) is 36.4 Å². The van der Waals surface area contributed by atoms with E-state index >= 15 is 0 Å². The number of hydrogen-bond acceptors (Lipinski definition) is 4. The highest BCUT2D eigenvalue weighted by Gasteiger charge is 2.27. The number of aromatic nitrogens is 1. The predicted molar refractivity (Wildman–Crippen MR) is 101 cm³/mol. The number of rotatable bonds is 5. The van der Waals surface area contributed by atoms with E-state index in [1.165, 1.54) is 0 Å². The summed E-state index contributed by atoms with van der Waals surface area (Å²) in [6, 6.07) is 15.6. The van der Waals surface area contributed by atoms with E-state index in [-0.39, 0.29) is 5.91 Å². The number of aliphatic hydroxyl groups excluding tert-OH is 1. The predicted octanol–water partition coefficient (Wildman–Crippen LogP) is 2.63. The summed E-state index contributed by atoms with van der Waals surface area (Å²) in [4.78, 5) is 21.2. The Bertz CT molecular complexity index is 693. The molecule has 3 rings (SSSR count). The molecule has 1 aromatic carbocycles. The zero-order valence-corrected chi connectivity index (χ0v) is 15.3. The molecular formula is C21H27N3O2. The molecular weight excluding hydrogens is 326 g/mol. The molecule has 5 nitrogen and oxygen atoms in total. The average Bonchev–Trinajstić information content (AvgIpc) is 2.94. The molecule has 1 aliphatic rings. The number of pyridine rings is 1. The number of carbonyl (C=O) groups is 1. The lowest BCUT2D eigenvalue weighted by Gasteiger charge is -2.27. The topological polar surface area (TPSA) is 56.7 Å². The molecule has 1 aliphatic heterocycles. The van der Waals surface area contributed by atoms with E-state index in [2.05, 4.69) is 16.9 Å². The van der Waals surface area contributed by atoms with E-state index in [9.17, 15) is 9.90 Å². The van der Waals surface area contributed by atoms with Crippen molar-refractivity contribution in [3.8, 4) is 0 Å². The second kappa shape index (κ2) is 8.92. The Hall–Kier alpha value is -2.24. The highest BCUT2D eigenvalue weighted by Crippen LogP contribution is 2.21. The van der Waals surface area contributed by atoms with E-state index < -0.39 is 6.10 Å². The molecule has 0 radical (unpaired) electrons. The molecule has 2 aromatic rings. The smallest absolute Gasteiger partial charge is 0.256 e. The third kappa shape index (κ3) is 4.68. The largest absolute Gasteiger partial charge is 0.378 e. The van der Waals surface area contributed by atoms with Gasteiger partial charge in [0.25, 0.3) is 5.91 Å². The van der Waals surface area contributed by atoms with Gasteiger partial charge in [-0.25, -0.2) is 0 Å². The lowest BCUT2D eigenvalue weighted by atomic mass is 10.1. The number of aliphatic hydroxyl groups is 1. The van der Waals surface area contributed by atoms with Crippen LogP contribution < -0.4 is 0 Å². The van der Waals surface area contributed by atoms with Gasteiger partial charge >= 0.3 is 0 Å². The molecule has 0 bridgehead atoms. The summed E-state index contributed by atoms with van der Waals surface area (Å²) in [5.74, 6) is -0.191. The Kier molecular flexibility index (Phi) is 6.36. The molecule has 1 fully saturated rings. The maximum absolute atomic E-state index is 12.7. The Morgan fingerprint density at radius 3 is 2.69 bits per heavy atom. The summed E-state index contributed by atoms with van der Waals surface area (Å²) in [6.45, 7) is 2.20. The van der Waals surface area contributed by atoms with Gasteiger partial charge in [0.1, 0.15) is 0 Å². The maximum Gasteiger partial charge on any atom is 0.256 e. The molecule has 0 saturated carbocycles. The number of hydrogen-bond donors (Lipinski definition) is 1. The molecule has 0 aliphatic carbocycles. The van der Waals surface area contributed by atoms with Gasteiger partial charge in [0.15, 0.2) is 6.10 Å². The van der Waals surface area contributed by atoms with Crippen LogP contribution in [0.1, 0.15) is 36.6 Å². The van der Waals surface area contributed by atoms with Gasteiger partial charge in [-0.2, -0.15) is 0 Å². The molecule has 5 heteroatoms. The minimum absolute atomic E-state index is 0.191. The quantitative estimate of drug-likeness (QED) is 0.898. The third-order valence-electron chi connectivity index (χ3n) is 5.12. The summed E-state index contributed by atoms with van der Waals surface area (Å²) in [7, 11) is 2.12. The van der Waals surface area contributed by atoms with Crippen molar-refractivity contribution >= 4 is 5.91 Å². The van der Waals surface area contributed by atoms with Crippen LogP contribution in [0.5, 0.6) is 0 Å². The first-order valence-electron chi connectivity index (χ1n) is 9.27. The monoisotopic (exact) mass is 353 g/mol. The fourth-order valence-corrected chi connectivity index (χ4v) is 3.57. The molecule has 1 saturated heterocycles. The molecule has 0 spiro atoms. The summed E-state index contributed by atoms with van der Waals surface area (Å²) in [5, 5.41) is 10.4. The number of carbonyl (C=O) groups excluding carboxylic acids is 1. The van der Waals surface area contributed by atoms with E-state index in [0.717, 1.165) is 31.5 Å². The van der Waals surface area contributed by atoms with Crippen molar-refractivity contribution in [2.24, 2.45) is 0 Å². The first-order chi connectivity index (χ1) is 12.6. The van der Waals surface area contributed by atoms with Crippen LogP contribution in [0.15, 0.2) is 54.7 Å². The van der Waals surface area contributed by atoms with E-state index in [4.69, 9.17) is 0 Å². The van der Waals surface area contributed by atoms with Crippen molar-refractivity contribution in [1.82, 2.24) is 14.8 Å². The van der Waals surface area contributed by atoms with Gasteiger partial charge in [-0.3, -0.25) is 14.7 Å². The van der Waals surface area contributed by atoms with E-state index in [1.54, 1.807) is 12.1 Å². The lowest BCUT2D eigenvalue weighted by molar-refractivity contribution is -0.140. The SMILES string of the molecule is CN(Cc1ccccn1)[C@@H]1CCCN(C(=O)[C@@H](O)c2ccccc2)CC1. The van der Waals surface area contributed by atoms with Crippen LogP contribution in [0.4, 0.5) is 0 Å². The highest BCUT2D eigenvalue weighted by molar-refractivity contribution is 5.82. The van der Waals surface area contributed by atoms with Crippen LogP contribution in [0.2, 0.25) is 0 Å². The number of nitrogens with zero attached hydrogens (tertiary/aromatic N) is 3. The van der Waals surface area contributed by atoms with Crippen LogP contribution in [0.25, 0.3) is 0 Å². The normalized spacial score (nSPS) is 19.2.